The summed E-state index contributed by atoms with van der Waals surface area (Å²) in [4.78, 5) is 68.9. The summed E-state index contributed by atoms with van der Waals surface area (Å²) >= 11 is 0. The highest BCUT2D eigenvalue weighted by Crippen LogP contribution is 2.18. The van der Waals surface area contributed by atoms with Crippen LogP contribution in [0.15, 0.2) is 17.1 Å². The molecule has 0 fully saturated rings. The van der Waals surface area contributed by atoms with Gasteiger partial charge in [-0.25, -0.2) is 0 Å². The van der Waals surface area contributed by atoms with Crippen LogP contribution in [0.25, 0.3) is 0 Å². The lowest BCUT2D eigenvalue weighted by Gasteiger charge is -2.21. The molecular formula is C64H124N8O5. The highest BCUT2D eigenvalue weighted by atomic mass is 16.2. The van der Waals surface area contributed by atoms with Crippen molar-refractivity contribution in [3.8, 4) is 0 Å². The fraction of sp³-hybridized carbons (Fsp3) is 0.875. The van der Waals surface area contributed by atoms with Crippen molar-refractivity contribution in [1.29, 1.82) is 0 Å². The molecular weight excluding hydrogens is 961 g/mol. The molecule has 5 amide bonds. The smallest absolute Gasteiger partial charge is 0.246 e. The van der Waals surface area contributed by atoms with Crippen molar-refractivity contribution in [3.05, 3.63) is 12.2 Å². The molecule has 0 saturated carbocycles. The first-order valence-corrected chi connectivity index (χ1v) is 32.8. The number of carbonyl (C=O) groups excluding carboxylic acids is 5. The number of nitrogens with two attached hydrogens (primary N) is 3. The van der Waals surface area contributed by atoms with Crippen LogP contribution in [0, 0.1) is 0 Å². The summed E-state index contributed by atoms with van der Waals surface area (Å²) < 4.78 is 0. The summed E-state index contributed by atoms with van der Waals surface area (Å²) in [5.41, 5.74) is 16.2. The zero-order valence-corrected chi connectivity index (χ0v) is 50.4. The van der Waals surface area contributed by atoms with Crippen LogP contribution in [0.1, 0.15) is 322 Å². The topological polar surface area (TPSA) is 215 Å². The zero-order valence-electron chi connectivity index (χ0n) is 50.4. The maximum Gasteiger partial charge on any atom is 0.246 e. The fourth-order valence-electron chi connectivity index (χ4n) is 10.2. The van der Waals surface area contributed by atoms with E-state index in [1.54, 1.807) is 4.90 Å². The number of nitrogens with one attached hydrogen (secondary N) is 3. The number of aliphatic imine (C=N–C) groups is 1. The van der Waals surface area contributed by atoms with Crippen molar-refractivity contribution >= 4 is 35.5 Å². The molecule has 0 aromatic carbocycles. The van der Waals surface area contributed by atoms with E-state index in [1.807, 2.05) is 0 Å². The number of amides is 5. The molecule has 0 bridgehead atoms. The predicted molar refractivity (Wildman–Crippen MR) is 327 cm³/mol. The second-order valence-electron chi connectivity index (χ2n) is 22.6. The van der Waals surface area contributed by atoms with E-state index in [9.17, 15) is 24.0 Å². The molecule has 77 heavy (non-hydrogen) atoms. The third-order valence-corrected chi connectivity index (χ3v) is 15.2. The highest BCUT2D eigenvalue weighted by molar-refractivity contribution is 5.98. The predicted octanol–water partition coefficient (Wildman–Crippen LogP) is 14.6. The van der Waals surface area contributed by atoms with Gasteiger partial charge in [0, 0.05) is 57.7 Å². The average molecular weight is 1090 g/mol. The zero-order chi connectivity index (χ0) is 56.3. The molecule has 0 aliphatic carbocycles. The highest BCUT2D eigenvalue weighted by Gasteiger charge is 2.18. The summed E-state index contributed by atoms with van der Waals surface area (Å²) in [5, 5.41) is 8.58. The lowest BCUT2D eigenvalue weighted by atomic mass is 10.0. The number of unbranched alkanes of at least 4 members (excludes halogenated alkanes) is 40. The Kier molecular flexibility index (Phi) is 55.7. The Labute approximate surface area is 473 Å². The van der Waals surface area contributed by atoms with Crippen LogP contribution in [0.4, 0.5) is 0 Å². The van der Waals surface area contributed by atoms with Crippen molar-refractivity contribution in [2.75, 3.05) is 32.7 Å². The van der Waals surface area contributed by atoms with Crippen LogP contribution >= 0.6 is 0 Å². The molecule has 13 heteroatoms. The average Bonchev–Trinajstić information content (AvgIpc) is 3.41. The molecule has 9 N–H and O–H groups in total. The van der Waals surface area contributed by atoms with Gasteiger partial charge in [0.05, 0.1) is 0 Å². The van der Waals surface area contributed by atoms with Gasteiger partial charge in [-0.3, -0.25) is 29.0 Å². The van der Waals surface area contributed by atoms with Gasteiger partial charge in [0.1, 0.15) is 6.04 Å². The number of rotatable bonds is 60. The molecule has 0 unspecified atom stereocenters. The summed E-state index contributed by atoms with van der Waals surface area (Å²) in [5.74, 6) is -1.71. The molecule has 0 rings (SSSR count). The van der Waals surface area contributed by atoms with Gasteiger partial charge in [-0.1, -0.05) is 271 Å². The Morgan fingerprint density at radius 3 is 0.987 bits per heavy atom. The minimum atomic E-state index is -0.943. The molecule has 450 valence electrons. The van der Waals surface area contributed by atoms with Crippen molar-refractivity contribution < 1.29 is 24.0 Å². The summed E-state index contributed by atoms with van der Waals surface area (Å²) in [7, 11) is 0. The normalized spacial score (nSPS) is 11.7. The minimum absolute atomic E-state index is 0.0256. The number of nitrogens with zero attached hydrogens (tertiary/aromatic N) is 2. The maximum atomic E-state index is 13.4. The van der Waals surface area contributed by atoms with Crippen molar-refractivity contribution in [2.24, 2.45) is 22.2 Å². The Bertz CT molecular complexity index is 1370. The minimum Gasteiger partial charge on any atom is -0.370 e. The molecule has 0 radical (unpaired) electrons. The van der Waals surface area contributed by atoms with Crippen molar-refractivity contribution in [2.45, 2.75) is 328 Å². The standard InChI is InChI=1S/C64H124N8O5/c1-3-5-7-9-11-13-15-17-19-21-23-25-27-29-31-33-35-37-39-41-43-49-59(73)68-54-46-56-72(62(76)52-51-61(75)71-58(63(65)77)48-45-53-70-64(66)67)57-47-55-69-60(74)50-44-42-40-38-36-34-32-30-28-26-24-22-20-18-16-14-12-10-8-6-4-2/h51-52,58H,3-50,53-57H2,1-2H3,(H2,65,77)(H,68,73)(H,69,74)(H,71,75)(H4,66,67,70)/b52-51-/t58-/m0/s1. The van der Waals surface area contributed by atoms with Gasteiger partial charge in [-0.05, 0) is 38.5 Å². The summed E-state index contributed by atoms with van der Waals surface area (Å²) in [6, 6.07) is -0.943. The third-order valence-electron chi connectivity index (χ3n) is 15.2. The molecule has 0 aromatic rings. The lowest BCUT2D eigenvalue weighted by molar-refractivity contribution is -0.126. The largest absolute Gasteiger partial charge is 0.370 e. The number of hydrogen-bond acceptors (Lipinski definition) is 6. The van der Waals surface area contributed by atoms with E-state index >= 15 is 0 Å². The van der Waals surface area contributed by atoms with Gasteiger partial charge in [-0.15, -0.1) is 0 Å². The number of guanidine groups is 1. The lowest BCUT2D eigenvalue weighted by Crippen LogP contribution is -2.44. The second kappa shape index (κ2) is 58.5. The number of hydrogen-bond donors (Lipinski definition) is 6. The fourth-order valence-corrected chi connectivity index (χ4v) is 10.2. The van der Waals surface area contributed by atoms with E-state index in [-0.39, 0.29) is 36.6 Å². The molecule has 0 aliphatic heterocycles. The van der Waals surface area contributed by atoms with Crippen LogP contribution in [0.2, 0.25) is 0 Å². The SMILES string of the molecule is CCCCCCCCCCCCCCCCCCCCCCCC(=O)NCCCN(CCCNC(=O)CCCCCCCCCCCCCCCCCCCCCCC)C(=O)/C=C\C(=O)N[C@@H](CCCN=C(N)N)C(N)=O. The summed E-state index contributed by atoms with van der Waals surface area (Å²) in [6.45, 7) is 6.45. The van der Waals surface area contributed by atoms with Gasteiger partial charge in [0.15, 0.2) is 5.96 Å². The first kappa shape index (κ1) is 73.4. The van der Waals surface area contributed by atoms with Gasteiger partial charge >= 0.3 is 0 Å². The number of carbonyl (C=O) groups is 5. The van der Waals surface area contributed by atoms with E-state index in [0.717, 1.165) is 44.6 Å². The van der Waals surface area contributed by atoms with Crippen LogP contribution < -0.4 is 33.2 Å². The van der Waals surface area contributed by atoms with E-state index in [2.05, 4.69) is 34.8 Å². The molecule has 0 aromatic heterocycles. The van der Waals surface area contributed by atoms with Crippen molar-refractivity contribution in [1.82, 2.24) is 20.9 Å². The molecule has 0 spiro atoms. The van der Waals surface area contributed by atoms with Gasteiger partial charge < -0.3 is 38.1 Å². The Morgan fingerprint density at radius 2 is 0.701 bits per heavy atom. The van der Waals surface area contributed by atoms with E-state index in [4.69, 9.17) is 17.2 Å². The van der Waals surface area contributed by atoms with Gasteiger partial charge in [0.2, 0.25) is 29.5 Å². The molecule has 0 saturated heterocycles. The van der Waals surface area contributed by atoms with Gasteiger partial charge in [0.25, 0.3) is 0 Å². The van der Waals surface area contributed by atoms with Crippen LogP contribution in [0.3, 0.4) is 0 Å². The Balaban J connectivity index is 4.40. The Hall–Kier alpha value is -3.64. The van der Waals surface area contributed by atoms with Gasteiger partial charge in [-0.2, -0.15) is 0 Å². The first-order valence-electron chi connectivity index (χ1n) is 32.8. The van der Waals surface area contributed by atoms with Crippen molar-refractivity contribution in [3.63, 3.8) is 0 Å². The molecule has 13 nitrogen and oxygen atoms in total. The van der Waals surface area contributed by atoms with E-state index < -0.39 is 17.9 Å². The maximum absolute atomic E-state index is 13.4. The summed E-state index contributed by atoms with van der Waals surface area (Å²) in [6.07, 6.45) is 60.8. The van der Waals surface area contributed by atoms with Crippen LogP contribution in [-0.4, -0.2) is 79.2 Å². The second-order valence-corrected chi connectivity index (χ2v) is 22.6. The molecule has 0 heterocycles. The first-order chi connectivity index (χ1) is 37.6. The quantitative estimate of drug-likeness (QED) is 0.0150. The van der Waals surface area contributed by atoms with Crippen LogP contribution in [0.5, 0.6) is 0 Å². The van der Waals surface area contributed by atoms with E-state index in [0.29, 0.717) is 58.3 Å². The third kappa shape index (κ3) is 55.5. The molecule has 1 atom stereocenters. The Morgan fingerprint density at radius 1 is 0.403 bits per heavy atom. The van der Waals surface area contributed by atoms with E-state index in [1.165, 1.54) is 237 Å². The van der Waals surface area contributed by atoms with Crippen LogP contribution in [-0.2, 0) is 24.0 Å². The number of primary amides is 1. The molecule has 0 aliphatic rings. The monoisotopic (exact) mass is 1080 g/mol.